The van der Waals surface area contributed by atoms with Crippen LogP contribution in [0.1, 0.15) is 65.3 Å². The molecule has 0 saturated carbocycles. The lowest BCUT2D eigenvalue weighted by Gasteiger charge is -2.39. The van der Waals surface area contributed by atoms with Gasteiger partial charge in [0.25, 0.3) is 0 Å². The standard InChI is InChI=1S/C46H45F6N3O5/c1-4-58-42(56)41(54-40(33-19-11-6-12-20-33)34-21-13-7-14-22-34)39(53-3)28-44(36-23-15-8-16-24-36,55-43(57)59-29-32-17-9-5-10-18-32)30-60-31(2)35-25-37(45(47,48)49)27-38(26-35)46(50,51)52/h5-27,31,39,41,53H,4,28-30H2,1-3H3,(H,55,57)/t31-,39-,41+,44-/m1/s1. The molecule has 0 aliphatic heterocycles. The summed E-state index contributed by atoms with van der Waals surface area (Å²) in [5.41, 5.74) is -2.12. The lowest BCUT2D eigenvalue weighted by atomic mass is 9.82. The first-order valence-corrected chi connectivity index (χ1v) is 19.1. The Morgan fingerprint density at radius 2 is 1.18 bits per heavy atom. The van der Waals surface area contributed by atoms with Crippen molar-refractivity contribution in [3.8, 4) is 0 Å². The third-order valence-corrected chi connectivity index (χ3v) is 9.75. The molecule has 0 heterocycles. The van der Waals surface area contributed by atoms with Gasteiger partial charge in [0, 0.05) is 17.2 Å². The van der Waals surface area contributed by atoms with Crippen LogP contribution in [0.15, 0.2) is 145 Å². The average Bonchev–Trinajstić information content (AvgIpc) is 3.25. The highest BCUT2D eigenvalue weighted by atomic mass is 19.4. The van der Waals surface area contributed by atoms with Crippen molar-refractivity contribution in [3.63, 3.8) is 0 Å². The molecule has 0 fully saturated rings. The van der Waals surface area contributed by atoms with Crippen molar-refractivity contribution < 1.29 is 50.1 Å². The van der Waals surface area contributed by atoms with Crippen LogP contribution in [0.4, 0.5) is 31.1 Å². The number of nitrogens with one attached hydrogen (secondary N) is 2. The number of benzene rings is 5. The number of halogens is 6. The molecule has 1 amide bonds. The number of aliphatic imine (C=N–C) groups is 1. The number of hydrogen-bond donors (Lipinski definition) is 2. The van der Waals surface area contributed by atoms with Gasteiger partial charge in [-0.15, -0.1) is 0 Å². The Kier molecular flexibility index (Phi) is 15.3. The molecule has 4 atom stereocenters. The van der Waals surface area contributed by atoms with Crippen LogP contribution in [0.25, 0.3) is 0 Å². The Hall–Kier alpha value is -5.99. The Morgan fingerprint density at radius 3 is 1.67 bits per heavy atom. The van der Waals surface area contributed by atoms with Crippen molar-refractivity contribution in [2.24, 2.45) is 4.99 Å². The van der Waals surface area contributed by atoms with E-state index in [2.05, 4.69) is 10.6 Å². The summed E-state index contributed by atoms with van der Waals surface area (Å²) >= 11 is 0. The second-order valence-electron chi connectivity index (χ2n) is 13.9. The first-order chi connectivity index (χ1) is 28.6. The van der Waals surface area contributed by atoms with Gasteiger partial charge >= 0.3 is 24.4 Å². The second-order valence-corrected chi connectivity index (χ2v) is 13.9. The van der Waals surface area contributed by atoms with E-state index in [1.807, 2.05) is 60.7 Å². The van der Waals surface area contributed by atoms with Gasteiger partial charge < -0.3 is 24.8 Å². The molecule has 5 rings (SSSR count). The average molecular weight is 834 g/mol. The topological polar surface area (TPSA) is 98.3 Å². The molecule has 2 N–H and O–H groups in total. The van der Waals surface area contributed by atoms with E-state index < -0.39 is 71.4 Å². The van der Waals surface area contributed by atoms with Crippen LogP contribution < -0.4 is 10.6 Å². The maximum Gasteiger partial charge on any atom is 0.416 e. The van der Waals surface area contributed by atoms with E-state index in [-0.39, 0.29) is 25.7 Å². The smallest absolute Gasteiger partial charge is 0.416 e. The zero-order chi connectivity index (χ0) is 43.3. The van der Waals surface area contributed by atoms with Crippen molar-refractivity contribution in [2.75, 3.05) is 20.3 Å². The maximum absolute atomic E-state index is 14.0. The van der Waals surface area contributed by atoms with E-state index in [0.29, 0.717) is 40.1 Å². The molecule has 0 spiro atoms. The van der Waals surface area contributed by atoms with Crippen LogP contribution in [0.2, 0.25) is 0 Å². The fourth-order valence-electron chi connectivity index (χ4n) is 6.64. The van der Waals surface area contributed by atoms with Gasteiger partial charge in [-0.25, -0.2) is 9.59 Å². The number of ether oxygens (including phenoxy) is 3. The van der Waals surface area contributed by atoms with Crippen molar-refractivity contribution in [1.29, 1.82) is 0 Å². The van der Waals surface area contributed by atoms with Crippen molar-refractivity contribution in [3.05, 3.63) is 178 Å². The molecular weight excluding hydrogens is 789 g/mol. The van der Waals surface area contributed by atoms with Gasteiger partial charge in [0.1, 0.15) is 6.61 Å². The summed E-state index contributed by atoms with van der Waals surface area (Å²) < 4.78 is 101. The van der Waals surface area contributed by atoms with Crippen molar-refractivity contribution in [2.45, 2.75) is 63.0 Å². The van der Waals surface area contributed by atoms with Gasteiger partial charge in [-0.1, -0.05) is 121 Å². The molecular formula is C46H45F6N3O5. The van der Waals surface area contributed by atoms with Gasteiger partial charge in [-0.05, 0) is 62.2 Å². The normalized spacial score (nSPS) is 14.2. The molecule has 0 aromatic heterocycles. The fraction of sp³-hybridized carbons (Fsp3) is 0.283. The molecule has 0 bridgehead atoms. The largest absolute Gasteiger partial charge is 0.464 e. The molecule has 0 saturated heterocycles. The number of esters is 1. The molecule has 316 valence electrons. The number of rotatable bonds is 17. The monoisotopic (exact) mass is 833 g/mol. The van der Waals surface area contributed by atoms with Gasteiger partial charge in [0.2, 0.25) is 0 Å². The predicted octanol–water partition coefficient (Wildman–Crippen LogP) is 10.1. The summed E-state index contributed by atoms with van der Waals surface area (Å²) in [4.78, 5) is 32.9. The number of hydrogen-bond acceptors (Lipinski definition) is 7. The van der Waals surface area contributed by atoms with Crippen LogP contribution in [-0.2, 0) is 43.5 Å². The lowest BCUT2D eigenvalue weighted by molar-refractivity contribution is -0.146. The summed E-state index contributed by atoms with van der Waals surface area (Å²) in [6.45, 7) is 2.32. The van der Waals surface area contributed by atoms with E-state index in [1.54, 1.807) is 74.6 Å². The number of amides is 1. The van der Waals surface area contributed by atoms with Crippen LogP contribution in [0, 0.1) is 0 Å². The second kappa shape index (κ2) is 20.3. The van der Waals surface area contributed by atoms with Gasteiger partial charge in [-0.2, -0.15) is 26.3 Å². The molecule has 0 radical (unpaired) electrons. The highest BCUT2D eigenvalue weighted by Crippen LogP contribution is 2.39. The van der Waals surface area contributed by atoms with E-state index in [4.69, 9.17) is 19.2 Å². The highest BCUT2D eigenvalue weighted by molar-refractivity contribution is 6.13. The zero-order valence-electron chi connectivity index (χ0n) is 33.1. The molecule has 0 aliphatic carbocycles. The molecule has 0 aliphatic rings. The SMILES string of the molecule is CCOC(=O)[C@@H](N=C(c1ccccc1)c1ccccc1)[C@@H](C[C@](CO[C@H](C)c1cc(C(F)(F)F)cc(C(F)(F)F)c1)(NC(=O)OCc1ccccc1)c1ccccc1)NC. The molecule has 60 heavy (non-hydrogen) atoms. The van der Waals surface area contributed by atoms with E-state index in [1.165, 1.54) is 6.92 Å². The first-order valence-electron chi connectivity index (χ1n) is 19.1. The number of alkyl carbamates (subject to hydrolysis) is 1. The molecule has 5 aromatic rings. The van der Waals surface area contributed by atoms with Crippen molar-refractivity contribution in [1.82, 2.24) is 10.6 Å². The number of nitrogens with zero attached hydrogens (tertiary/aromatic N) is 1. The molecule has 8 nitrogen and oxygen atoms in total. The highest BCUT2D eigenvalue weighted by Gasteiger charge is 2.43. The minimum absolute atomic E-state index is 0.0126. The van der Waals surface area contributed by atoms with Gasteiger partial charge in [0.05, 0.1) is 41.7 Å². The van der Waals surface area contributed by atoms with E-state index >= 15 is 0 Å². The minimum atomic E-state index is -5.09. The van der Waals surface area contributed by atoms with Crippen molar-refractivity contribution >= 4 is 17.8 Å². The summed E-state index contributed by atoms with van der Waals surface area (Å²) in [7, 11) is 1.59. The Labute approximate surface area is 344 Å². The number of likely N-dealkylation sites (N-methyl/N-ethyl adjacent to an activating group) is 1. The lowest BCUT2D eigenvalue weighted by Crippen LogP contribution is -2.56. The summed E-state index contributed by atoms with van der Waals surface area (Å²) in [5, 5.41) is 6.08. The molecule has 5 aromatic carbocycles. The number of carbonyl (C=O) groups excluding carboxylic acids is 2. The van der Waals surface area contributed by atoms with Crippen LogP contribution in [0.5, 0.6) is 0 Å². The maximum atomic E-state index is 14.0. The van der Waals surface area contributed by atoms with Crippen LogP contribution in [0.3, 0.4) is 0 Å². The number of carbonyl (C=O) groups is 2. The number of alkyl halides is 6. The van der Waals surface area contributed by atoms with Crippen LogP contribution in [-0.4, -0.2) is 50.1 Å². The van der Waals surface area contributed by atoms with Crippen LogP contribution >= 0.6 is 0 Å². The van der Waals surface area contributed by atoms with Gasteiger partial charge in [0.15, 0.2) is 6.04 Å². The summed E-state index contributed by atoms with van der Waals surface area (Å²) in [6, 6.07) is 34.7. The van der Waals surface area contributed by atoms with E-state index in [0.717, 1.165) is 0 Å². The van der Waals surface area contributed by atoms with Gasteiger partial charge in [-0.3, -0.25) is 4.99 Å². The first kappa shape index (κ1) is 45.1. The summed E-state index contributed by atoms with van der Waals surface area (Å²) in [5.74, 6) is -0.701. The Morgan fingerprint density at radius 1 is 0.683 bits per heavy atom. The third kappa shape index (κ3) is 12.0. The Balaban J connectivity index is 1.63. The third-order valence-electron chi connectivity index (χ3n) is 9.75. The zero-order valence-corrected chi connectivity index (χ0v) is 33.1. The van der Waals surface area contributed by atoms with E-state index in [9.17, 15) is 35.9 Å². The quantitative estimate of drug-likeness (QED) is 0.0550. The fourth-order valence-corrected chi connectivity index (χ4v) is 6.64. The Bertz CT molecular complexity index is 2100. The molecule has 14 heteroatoms. The predicted molar refractivity (Wildman–Crippen MR) is 215 cm³/mol. The molecule has 0 unspecified atom stereocenters. The summed E-state index contributed by atoms with van der Waals surface area (Å²) in [6.07, 6.45) is -12.6. The minimum Gasteiger partial charge on any atom is -0.464 e.